The third-order valence-corrected chi connectivity index (χ3v) is 2.09. The number of nitrogens with two attached hydrogens (primary N) is 1. The number of nitrogen functional groups attached to an aromatic ring is 1. The van der Waals surface area contributed by atoms with Crippen molar-refractivity contribution in [2.45, 2.75) is 13.8 Å². The van der Waals surface area contributed by atoms with E-state index in [0.717, 1.165) is 0 Å². The molecule has 1 heterocycles. The van der Waals surface area contributed by atoms with Crippen LogP contribution >= 0.6 is 0 Å². The monoisotopic (exact) mass is 237 g/mol. The summed E-state index contributed by atoms with van der Waals surface area (Å²) in [5.74, 6) is 1.23. The lowest BCUT2D eigenvalue weighted by atomic mass is 10.2. The molecule has 0 atom stereocenters. The summed E-state index contributed by atoms with van der Waals surface area (Å²) in [4.78, 5) is 21.3. The van der Waals surface area contributed by atoms with Gasteiger partial charge in [-0.1, -0.05) is 13.8 Å². The van der Waals surface area contributed by atoms with Crippen LogP contribution in [0.5, 0.6) is 0 Å². The Balaban J connectivity index is 2.48. The van der Waals surface area contributed by atoms with E-state index < -0.39 is 0 Å². The van der Waals surface area contributed by atoms with Crippen molar-refractivity contribution in [1.82, 2.24) is 15.3 Å². The van der Waals surface area contributed by atoms with Crippen LogP contribution in [-0.2, 0) is 4.79 Å². The van der Waals surface area contributed by atoms with Gasteiger partial charge < -0.3 is 16.0 Å². The topological polar surface area (TPSA) is 84.1 Å². The fourth-order valence-corrected chi connectivity index (χ4v) is 1.21. The first-order chi connectivity index (χ1) is 7.99. The van der Waals surface area contributed by atoms with Crippen molar-refractivity contribution in [2.24, 2.45) is 5.92 Å². The molecule has 0 bridgehead atoms. The summed E-state index contributed by atoms with van der Waals surface area (Å²) in [5, 5.41) is 2.83. The molecule has 0 radical (unpaired) electrons. The molecule has 1 aromatic rings. The molecule has 0 saturated heterocycles. The highest BCUT2D eigenvalue weighted by molar-refractivity contribution is 5.80. The Morgan fingerprint density at radius 2 is 2.29 bits per heavy atom. The van der Waals surface area contributed by atoms with Crippen molar-refractivity contribution >= 4 is 17.7 Å². The zero-order valence-corrected chi connectivity index (χ0v) is 10.5. The number of rotatable bonds is 5. The number of hydrogen-bond donors (Lipinski definition) is 2. The first kappa shape index (κ1) is 13.2. The highest BCUT2D eigenvalue weighted by Crippen LogP contribution is 2.05. The standard InChI is InChI=1S/C11H19N5O/c1-8(2)6-14-10(17)7-16(3)11-13-5-4-9(12)15-11/h4-5,8H,6-7H2,1-3H3,(H,14,17)(H2,12,13,15). The van der Waals surface area contributed by atoms with Crippen LogP contribution in [-0.4, -0.2) is 36.0 Å². The molecule has 0 aromatic carbocycles. The van der Waals surface area contributed by atoms with Crippen molar-refractivity contribution in [3.05, 3.63) is 12.3 Å². The third kappa shape index (κ3) is 4.67. The van der Waals surface area contributed by atoms with Gasteiger partial charge in [0.25, 0.3) is 0 Å². The minimum Gasteiger partial charge on any atom is -0.384 e. The average Bonchev–Trinajstić information content (AvgIpc) is 2.26. The van der Waals surface area contributed by atoms with E-state index in [9.17, 15) is 4.79 Å². The van der Waals surface area contributed by atoms with E-state index in [-0.39, 0.29) is 12.5 Å². The summed E-state index contributed by atoms with van der Waals surface area (Å²) in [6, 6.07) is 1.61. The summed E-state index contributed by atoms with van der Waals surface area (Å²) in [5.41, 5.74) is 5.55. The molecular weight excluding hydrogens is 218 g/mol. The number of aromatic nitrogens is 2. The number of nitrogens with zero attached hydrogens (tertiary/aromatic N) is 3. The number of nitrogens with one attached hydrogen (secondary N) is 1. The van der Waals surface area contributed by atoms with Gasteiger partial charge in [0, 0.05) is 19.8 Å². The van der Waals surface area contributed by atoms with Crippen LogP contribution in [0.2, 0.25) is 0 Å². The zero-order chi connectivity index (χ0) is 12.8. The predicted octanol–water partition coefficient (Wildman–Crippen LogP) is 0.267. The van der Waals surface area contributed by atoms with E-state index in [0.29, 0.717) is 24.2 Å². The molecule has 0 aliphatic rings. The SMILES string of the molecule is CC(C)CNC(=O)CN(C)c1nccc(N)n1. The Bertz CT molecular complexity index is 380. The summed E-state index contributed by atoms with van der Waals surface area (Å²) in [7, 11) is 1.75. The molecule has 17 heavy (non-hydrogen) atoms. The van der Waals surface area contributed by atoms with Gasteiger partial charge in [-0.15, -0.1) is 0 Å². The molecule has 0 aliphatic heterocycles. The van der Waals surface area contributed by atoms with Crippen molar-refractivity contribution in [1.29, 1.82) is 0 Å². The Morgan fingerprint density at radius 3 is 2.88 bits per heavy atom. The van der Waals surface area contributed by atoms with Gasteiger partial charge in [0.2, 0.25) is 11.9 Å². The smallest absolute Gasteiger partial charge is 0.239 e. The summed E-state index contributed by atoms with van der Waals surface area (Å²) >= 11 is 0. The van der Waals surface area contributed by atoms with Crippen LogP contribution in [0.4, 0.5) is 11.8 Å². The maximum atomic E-state index is 11.6. The molecule has 0 unspecified atom stereocenters. The minimum absolute atomic E-state index is 0.0489. The predicted molar refractivity (Wildman–Crippen MR) is 67.6 cm³/mol. The van der Waals surface area contributed by atoms with Crippen molar-refractivity contribution in [3.63, 3.8) is 0 Å². The fraction of sp³-hybridized carbons (Fsp3) is 0.545. The number of amides is 1. The van der Waals surface area contributed by atoms with Gasteiger partial charge in [-0.05, 0) is 12.0 Å². The summed E-state index contributed by atoms with van der Waals surface area (Å²) in [6.07, 6.45) is 1.57. The molecule has 1 amide bonds. The molecular formula is C11H19N5O. The van der Waals surface area contributed by atoms with Gasteiger partial charge in [0.15, 0.2) is 0 Å². The maximum absolute atomic E-state index is 11.6. The van der Waals surface area contributed by atoms with Crippen LogP contribution in [0.15, 0.2) is 12.3 Å². The van der Waals surface area contributed by atoms with Crippen molar-refractivity contribution in [3.8, 4) is 0 Å². The van der Waals surface area contributed by atoms with Gasteiger partial charge in [0.1, 0.15) is 5.82 Å². The molecule has 1 rings (SSSR count). The molecule has 0 aliphatic carbocycles. The fourth-order valence-electron chi connectivity index (χ4n) is 1.21. The van der Waals surface area contributed by atoms with Crippen LogP contribution in [0.3, 0.4) is 0 Å². The molecule has 0 saturated carbocycles. The quantitative estimate of drug-likeness (QED) is 0.767. The maximum Gasteiger partial charge on any atom is 0.239 e. The molecule has 1 aromatic heterocycles. The first-order valence-electron chi connectivity index (χ1n) is 5.55. The van der Waals surface area contributed by atoms with Crippen molar-refractivity contribution in [2.75, 3.05) is 30.8 Å². The Morgan fingerprint density at radius 1 is 1.59 bits per heavy atom. The van der Waals surface area contributed by atoms with Gasteiger partial charge in [0.05, 0.1) is 6.54 Å². The first-order valence-corrected chi connectivity index (χ1v) is 5.55. The van der Waals surface area contributed by atoms with E-state index in [1.165, 1.54) is 0 Å². The second-order valence-electron chi connectivity index (χ2n) is 4.34. The van der Waals surface area contributed by atoms with E-state index in [1.807, 2.05) is 13.8 Å². The van der Waals surface area contributed by atoms with Gasteiger partial charge in [-0.25, -0.2) is 4.98 Å². The molecule has 6 nitrogen and oxygen atoms in total. The van der Waals surface area contributed by atoms with Gasteiger partial charge >= 0.3 is 0 Å². The minimum atomic E-state index is -0.0489. The second kappa shape index (κ2) is 6.03. The third-order valence-electron chi connectivity index (χ3n) is 2.09. The molecule has 6 heteroatoms. The summed E-state index contributed by atoms with van der Waals surface area (Å²) < 4.78 is 0. The highest BCUT2D eigenvalue weighted by Gasteiger charge is 2.09. The average molecular weight is 237 g/mol. The molecule has 0 fully saturated rings. The number of hydrogen-bond acceptors (Lipinski definition) is 5. The van der Waals surface area contributed by atoms with Crippen LogP contribution in [0, 0.1) is 5.92 Å². The molecule has 3 N–H and O–H groups in total. The Labute approximate surface area is 101 Å². The molecule has 0 spiro atoms. The Hall–Kier alpha value is -1.85. The zero-order valence-electron chi connectivity index (χ0n) is 10.5. The van der Waals surface area contributed by atoms with E-state index >= 15 is 0 Å². The number of anilines is 2. The van der Waals surface area contributed by atoms with E-state index in [4.69, 9.17) is 5.73 Å². The largest absolute Gasteiger partial charge is 0.384 e. The number of carbonyl (C=O) groups is 1. The lowest BCUT2D eigenvalue weighted by molar-refractivity contribution is -0.119. The highest BCUT2D eigenvalue weighted by atomic mass is 16.2. The Kier molecular flexibility index (Phi) is 4.68. The van der Waals surface area contributed by atoms with Crippen molar-refractivity contribution < 1.29 is 4.79 Å². The second-order valence-corrected chi connectivity index (χ2v) is 4.34. The van der Waals surface area contributed by atoms with Crippen LogP contribution in [0.1, 0.15) is 13.8 Å². The number of likely N-dealkylation sites (N-methyl/N-ethyl adjacent to an activating group) is 1. The van der Waals surface area contributed by atoms with Gasteiger partial charge in [-0.3, -0.25) is 4.79 Å². The number of carbonyl (C=O) groups excluding carboxylic acids is 1. The normalized spacial score (nSPS) is 10.4. The van der Waals surface area contributed by atoms with E-state index in [1.54, 1.807) is 24.2 Å². The molecule has 94 valence electrons. The lowest BCUT2D eigenvalue weighted by Gasteiger charge is -2.17. The van der Waals surface area contributed by atoms with Gasteiger partial charge in [-0.2, -0.15) is 4.98 Å². The van der Waals surface area contributed by atoms with Crippen LogP contribution < -0.4 is 16.0 Å². The van der Waals surface area contributed by atoms with E-state index in [2.05, 4.69) is 15.3 Å². The van der Waals surface area contributed by atoms with Crippen LogP contribution in [0.25, 0.3) is 0 Å². The summed E-state index contributed by atoms with van der Waals surface area (Å²) in [6.45, 7) is 4.98. The lowest BCUT2D eigenvalue weighted by Crippen LogP contribution is -2.37.